The Kier molecular flexibility index (Phi) is 0.677. The lowest BCUT2D eigenvalue weighted by atomic mass is 9.91. The molecule has 1 saturated carbocycles. The van der Waals surface area contributed by atoms with E-state index in [2.05, 4.69) is 12.2 Å². The van der Waals surface area contributed by atoms with E-state index in [-0.39, 0.29) is 5.41 Å². The first-order valence-corrected chi connectivity index (χ1v) is 3.23. The SMILES string of the molecule is [C]C12C=CC(CC1)C2. The third-order valence-corrected chi connectivity index (χ3v) is 2.28. The molecule has 0 N–H and O–H groups in total. The van der Waals surface area contributed by atoms with Crippen LogP contribution >= 0.6 is 0 Å². The van der Waals surface area contributed by atoms with E-state index in [0.717, 1.165) is 18.8 Å². The molecule has 3 radical (unpaired) electrons. The van der Waals surface area contributed by atoms with Gasteiger partial charge in [0.2, 0.25) is 0 Å². The van der Waals surface area contributed by atoms with E-state index < -0.39 is 0 Å². The summed E-state index contributed by atoms with van der Waals surface area (Å²) in [4.78, 5) is 0. The molecule has 0 amide bonds. The summed E-state index contributed by atoms with van der Waals surface area (Å²) in [6, 6.07) is 0. The Morgan fingerprint density at radius 3 is 2.62 bits per heavy atom. The Morgan fingerprint density at radius 2 is 2.50 bits per heavy atom. The second-order valence-corrected chi connectivity index (χ2v) is 3.02. The first-order valence-electron chi connectivity index (χ1n) is 3.23. The second-order valence-electron chi connectivity index (χ2n) is 3.02. The van der Waals surface area contributed by atoms with Crippen molar-refractivity contribution in [1.29, 1.82) is 0 Å². The molecule has 0 saturated heterocycles. The molecule has 0 heteroatoms. The zero-order chi connectivity index (χ0) is 5.61. The summed E-state index contributed by atoms with van der Waals surface area (Å²) < 4.78 is 0. The van der Waals surface area contributed by atoms with Gasteiger partial charge in [0.1, 0.15) is 0 Å². The topological polar surface area (TPSA) is 0 Å². The van der Waals surface area contributed by atoms with E-state index in [9.17, 15) is 0 Å². The van der Waals surface area contributed by atoms with Crippen molar-refractivity contribution < 1.29 is 0 Å². The van der Waals surface area contributed by atoms with Gasteiger partial charge in [0.25, 0.3) is 0 Å². The maximum Gasteiger partial charge on any atom is 0.00245 e. The van der Waals surface area contributed by atoms with Crippen molar-refractivity contribution in [2.75, 3.05) is 0 Å². The largest absolute Gasteiger partial charge is 0.0848 e. The molecule has 0 heterocycles. The van der Waals surface area contributed by atoms with Gasteiger partial charge in [0.15, 0.2) is 0 Å². The number of hydrogen-bond donors (Lipinski definition) is 0. The summed E-state index contributed by atoms with van der Waals surface area (Å²) in [5, 5.41) is 0. The molecule has 0 aliphatic heterocycles. The van der Waals surface area contributed by atoms with Crippen molar-refractivity contribution in [3.05, 3.63) is 19.1 Å². The fraction of sp³-hybridized carbons (Fsp3) is 0.625. The van der Waals surface area contributed by atoms with Crippen LogP contribution in [0.3, 0.4) is 0 Å². The van der Waals surface area contributed by atoms with Gasteiger partial charge in [-0.05, 0) is 30.6 Å². The summed E-state index contributed by atoms with van der Waals surface area (Å²) in [6.45, 7) is 7.68. The van der Waals surface area contributed by atoms with Crippen molar-refractivity contribution in [2.45, 2.75) is 19.3 Å². The van der Waals surface area contributed by atoms with Crippen molar-refractivity contribution in [3.8, 4) is 0 Å². The summed E-state index contributed by atoms with van der Waals surface area (Å²) in [6.07, 6.45) is 7.75. The van der Waals surface area contributed by atoms with E-state index in [4.69, 9.17) is 6.92 Å². The van der Waals surface area contributed by atoms with Crippen LogP contribution in [0.5, 0.6) is 0 Å². The fourth-order valence-electron chi connectivity index (χ4n) is 1.75. The Labute approximate surface area is 50.6 Å². The molecule has 0 aromatic rings. The summed E-state index contributed by atoms with van der Waals surface area (Å²) in [5.41, 5.74) is -0.120. The molecule has 0 nitrogen and oxygen atoms in total. The Morgan fingerprint density at radius 1 is 1.62 bits per heavy atom. The van der Waals surface area contributed by atoms with Crippen molar-refractivity contribution in [2.24, 2.45) is 11.3 Å². The van der Waals surface area contributed by atoms with Crippen LogP contribution in [0.15, 0.2) is 12.2 Å². The predicted molar refractivity (Wildman–Crippen MR) is 32.2 cm³/mol. The predicted octanol–water partition coefficient (Wildman–Crippen LogP) is 1.93. The zero-order valence-electron chi connectivity index (χ0n) is 4.85. The smallest absolute Gasteiger partial charge is 0.00245 e. The van der Waals surface area contributed by atoms with E-state index >= 15 is 0 Å². The normalized spacial score (nSPS) is 50.9. The number of allylic oxidation sites excluding steroid dienone is 2. The van der Waals surface area contributed by atoms with Crippen LogP contribution in [0.4, 0.5) is 0 Å². The van der Waals surface area contributed by atoms with Crippen LogP contribution in [-0.4, -0.2) is 0 Å². The second kappa shape index (κ2) is 1.18. The minimum Gasteiger partial charge on any atom is -0.0848 e. The van der Waals surface area contributed by atoms with E-state index in [1.165, 1.54) is 6.42 Å². The molecule has 0 spiro atoms. The van der Waals surface area contributed by atoms with Crippen molar-refractivity contribution in [3.63, 3.8) is 0 Å². The summed E-state index contributed by atoms with van der Waals surface area (Å²) in [7, 11) is 0. The van der Waals surface area contributed by atoms with Gasteiger partial charge < -0.3 is 0 Å². The van der Waals surface area contributed by atoms with Crippen LogP contribution < -0.4 is 0 Å². The molecule has 2 bridgehead atoms. The molecular formula is C8H9. The number of hydrogen-bond acceptors (Lipinski definition) is 0. The molecule has 2 unspecified atom stereocenters. The van der Waals surface area contributed by atoms with Crippen molar-refractivity contribution in [1.82, 2.24) is 0 Å². The van der Waals surface area contributed by atoms with Gasteiger partial charge in [0, 0.05) is 6.92 Å². The van der Waals surface area contributed by atoms with Gasteiger partial charge >= 0.3 is 0 Å². The minimum absolute atomic E-state index is 0.120. The van der Waals surface area contributed by atoms with E-state index in [1.807, 2.05) is 0 Å². The van der Waals surface area contributed by atoms with Crippen LogP contribution in [0, 0.1) is 18.3 Å². The highest BCUT2D eigenvalue weighted by molar-refractivity contribution is 5.16. The van der Waals surface area contributed by atoms with Gasteiger partial charge in [-0.1, -0.05) is 12.2 Å². The highest BCUT2D eigenvalue weighted by Crippen LogP contribution is 2.48. The number of fused-ring (bicyclic) bond motifs is 2. The van der Waals surface area contributed by atoms with Crippen molar-refractivity contribution >= 4 is 0 Å². The van der Waals surface area contributed by atoms with Crippen LogP contribution in [-0.2, 0) is 0 Å². The van der Waals surface area contributed by atoms with Gasteiger partial charge in [-0.2, -0.15) is 0 Å². The minimum atomic E-state index is -0.120. The highest BCUT2D eigenvalue weighted by Gasteiger charge is 2.36. The Hall–Kier alpha value is -0.260. The summed E-state index contributed by atoms with van der Waals surface area (Å²) >= 11 is 0. The average molecular weight is 105 g/mol. The van der Waals surface area contributed by atoms with Crippen LogP contribution in [0.1, 0.15) is 19.3 Å². The van der Waals surface area contributed by atoms with Gasteiger partial charge in [-0.3, -0.25) is 0 Å². The molecular weight excluding hydrogens is 96.1 g/mol. The molecule has 2 rings (SSSR count). The maximum atomic E-state index is 7.68. The quantitative estimate of drug-likeness (QED) is 0.413. The zero-order valence-corrected chi connectivity index (χ0v) is 4.85. The lowest BCUT2D eigenvalue weighted by Crippen LogP contribution is -2.03. The van der Waals surface area contributed by atoms with Crippen LogP contribution in [0.2, 0.25) is 0 Å². The standard InChI is InChI=1S/C8H9/c1-8-4-2-7(6-8)3-5-8/h2,4,7H,3,5-6H2. The average Bonchev–Trinajstić information content (AvgIpc) is 2.21. The Bertz CT molecular complexity index is 135. The van der Waals surface area contributed by atoms with E-state index in [1.54, 1.807) is 0 Å². The summed E-state index contributed by atoms with van der Waals surface area (Å²) in [5.74, 6) is 0.771. The van der Waals surface area contributed by atoms with Gasteiger partial charge in [-0.15, -0.1) is 0 Å². The third-order valence-electron chi connectivity index (χ3n) is 2.28. The number of rotatable bonds is 0. The van der Waals surface area contributed by atoms with Gasteiger partial charge in [-0.25, -0.2) is 0 Å². The maximum absolute atomic E-state index is 7.68. The third kappa shape index (κ3) is 0.460. The van der Waals surface area contributed by atoms with Gasteiger partial charge in [0.05, 0.1) is 0 Å². The first-order chi connectivity index (χ1) is 3.79. The molecule has 0 aromatic heterocycles. The monoisotopic (exact) mass is 105 g/mol. The fourth-order valence-corrected chi connectivity index (χ4v) is 1.75. The molecule has 1 fully saturated rings. The molecule has 2 aliphatic rings. The molecule has 2 aliphatic carbocycles. The van der Waals surface area contributed by atoms with Crippen LogP contribution in [0.25, 0.3) is 0 Å². The highest BCUT2D eigenvalue weighted by atomic mass is 14.4. The lowest BCUT2D eigenvalue weighted by molar-refractivity contribution is 0.519. The molecule has 41 valence electrons. The molecule has 8 heavy (non-hydrogen) atoms. The molecule has 2 atom stereocenters. The molecule has 0 aromatic carbocycles. The van der Waals surface area contributed by atoms with E-state index in [0.29, 0.717) is 0 Å². The first kappa shape index (κ1) is 4.60. The lowest BCUT2D eigenvalue weighted by Gasteiger charge is -2.13. The Balaban J connectivity index is 2.33.